The van der Waals surface area contributed by atoms with Gasteiger partial charge in [0.2, 0.25) is 0 Å². The minimum Gasteiger partial charge on any atom is -0.175 e. The average molecular weight is 187 g/mol. The molecular formula is C11H23S. The summed E-state index contributed by atoms with van der Waals surface area (Å²) in [5, 5.41) is 0. The van der Waals surface area contributed by atoms with Crippen LogP contribution in [0.3, 0.4) is 0 Å². The molecule has 0 atom stereocenters. The number of hydrogen-bond donors (Lipinski definition) is 1. The molecule has 0 amide bonds. The molecule has 0 aromatic heterocycles. The Kier molecular flexibility index (Phi) is 11.7. The number of hydrogen-bond acceptors (Lipinski definition) is 1. The molecule has 73 valence electrons. The smallest absolute Gasteiger partial charge is 0.0133 e. The van der Waals surface area contributed by atoms with Gasteiger partial charge in [-0.05, 0) is 6.42 Å². The van der Waals surface area contributed by atoms with E-state index in [0.717, 1.165) is 0 Å². The lowest BCUT2D eigenvalue weighted by atomic mass is 10.1. The predicted molar refractivity (Wildman–Crippen MR) is 60.5 cm³/mol. The molecule has 0 aliphatic heterocycles. The van der Waals surface area contributed by atoms with Gasteiger partial charge in [0.25, 0.3) is 0 Å². The van der Waals surface area contributed by atoms with Gasteiger partial charge < -0.3 is 0 Å². The second kappa shape index (κ2) is 11.4. The van der Waals surface area contributed by atoms with E-state index in [9.17, 15) is 0 Å². The normalized spacial score (nSPS) is 10.5. The van der Waals surface area contributed by atoms with E-state index in [1.165, 1.54) is 57.8 Å². The van der Waals surface area contributed by atoms with E-state index >= 15 is 0 Å². The molecule has 0 fully saturated rings. The van der Waals surface area contributed by atoms with E-state index < -0.39 is 0 Å². The first-order chi connectivity index (χ1) is 5.91. The molecule has 0 aliphatic carbocycles. The summed E-state index contributed by atoms with van der Waals surface area (Å²) in [7, 11) is 0. The molecule has 0 rings (SSSR count). The fraction of sp³-hybridized carbons (Fsp3) is 0.909. The molecule has 0 aromatic rings. The van der Waals surface area contributed by atoms with Crippen LogP contribution in [0, 0.1) is 5.75 Å². The third-order valence-electron chi connectivity index (χ3n) is 2.19. The average Bonchev–Trinajstić information content (AvgIpc) is 2.10. The summed E-state index contributed by atoms with van der Waals surface area (Å²) in [6.45, 7) is 2.27. The van der Waals surface area contributed by atoms with Gasteiger partial charge in [-0.3, -0.25) is 0 Å². The Morgan fingerprint density at radius 3 is 1.83 bits per heavy atom. The molecule has 1 radical (unpaired) electrons. The van der Waals surface area contributed by atoms with Crippen molar-refractivity contribution in [2.75, 3.05) is 0 Å². The van der Waals surface area contributed by atoms with E-state index in [0.29, 0.717) is 0 Å². The summed E-state index contributed by atoms with van der Waals surface area (Å²) >= 11 is 4.07. The van der Waals surface area contributed by atoms with Crippen LogP contribution in [0.15, 0.2) is 0 Å². The van der Waals surface area contributed by atoms with Crippen LogP contribution in [0.25, 0.3) is 0 Å². The van der Waals surface area contributed by atoms with Crippen LogP contribution in [-0.2, 0) is 0 Å². The third kappa shape index (κ3) is 10.3. The highest BCUT2D eigenvalue weighted by molar-refractivity contribution is 7.82. The summed E-state index contributed by atoms with van der Waals surface area (Å²) in [5.74, 6) is 1.97. The monoisotopic (exact) mass is 187 g/mol. The fourth-order valence-corrected chi connectivity index (χ4v) is 1.55. The van der Waals surface area contributed by atoms with E-state index in [1.807, 2.05) is 5.75 Å². The number of unbranched alkanes of at least 4 members (excludes halogenated alkanes) is 8. The van der Waals surface area contributed by atoms with Crippen molar-refractivity contribution in [3.05, 3.63) is 5.75 Å². The van der Waals surface area contributed by atoms with Gasteiger partial charge in [-0.2, -0.15) is 12.6 Å². The number of rotatable bonds is 9. The van der Waals surface area contributed by atoms with Gasteiger partial charge in [0.1, 0.15) is 0 Å². The van der Waals surface area contributed by atoms with Gasteiger partial charge in [0.05, 0.1) is 0 Å². The molecular weight excluding hydrogens is 164 g/mol. The Balaban J connectivity index is 2.73. The minimum atomic E-state index is 1.18. The van der Waals surface area contributed by atoms with Crippen LogP contribution < -0.4 is 0 Å². The molecule has 0 aliphatic rings. The second-order valence-corrected chi connectivity index (χ2v) is 3.81. The molecule has 0 heterocycles. The molecule has 0 nitrogen and oxygen atoms in total. The van der Waals surface area contributed by atoms with Crippen molar-refractivity contribution in [2.24, 2.45) is 0 Å². The largest absolute Gasteiger partial charge is 0.175 e. The maximum absolute atomic E-state index is 4.07. The molecule has 0 saturated heterocycles. The van der Waals surface area contributed by atoms with Crippen molar-refractivity contribution in [3.8, 4) is 0 Å². The van der Waals surface area contributed by atoms with Gasteiger partial charge in [0.15, 0.2) is 0 Å². The van der Waals surface area contributed by atoms with Gasteiger partial charge >= 0.3 is 0 Å². The Bertz CT molecular complexity index is 61.4. The first kappa shape index (κ1) is 12.3. The first-order valence-electron chi connectivity index (χ1n) is 5.37. The lowest BCUT2D eigenvalue weighted by Gasteiger charge is -1.99. The Labute approximate surface area is 83.5 Å². The summed E-state index contributed by atoms with van der Waals surface area (Å²) in [6, 6.07) is 0. The van der Waals surface area contributed by atoms with Crippen LogP contribution >= 0.6 is 12.6 Å². The summed E-state index contributed by atoms with van der Waals surface area (Å²) in [6.07, 6.45) is 12.4. The van der Waals surface area contributed by atoms with Gasteiger partial charge in [-0.1, -0.05) is 58.3 Å². The van der Waals surface area contributed by atoms with Crippen molar-refractivity contribution in [3.63, 3.8) is 0 Å². The van der Waals surface area contributed by atoms with Gasteiger partial charge in [-0.25, -0.2) is 0 Å². The minimum absolute atomic E-state index is 1.18. The van der Waals surface area contributed by atoms with Crippen molar-refractivity contribution >= 4 is 12.6 Å². The van der Waals surface area contributed by atoms with Gasteiger partial charge in [0, 0.05) is 5.75 Å². The summed E-state index contributed by atoms with van der Waals surface area (Å²) in [5.41, 5.74) is 0. The highest BCUT2D eigenvalue weighted by atomic mass is 32.1. The maximum Gasteiger partial charge on any atom is 0.0133 e. The number of thiol groups is 1. The summed E-state index contributed by atoms with van der Waals surface area (Å²) < 4.78 is 0. The molecule has 0 spiro atoms. The quantitative estimate of drug-likeness (QED) is 0.395. The van der Waals surface area contributed by atoms with Crippen LogP contribution in [0.1, 0.15) is 64.7 Å². The Hall–Kier alpha value is 0.350. The molecule has 0 saturated carbocycles. The molecule has 0 aromatic carbocycles. The van der Waals surface area contributed by atoms with Crippen molar-refractivity contribution in [1.82, 2.24) is 0 Å². The zero-order chi connectivity index (χ0) is 9.07. The second-order valence-electron chi connectivity index (χ2n) is 3.45. The molecule has 1 heteroatoms. The van der Waals surface area contributed by atoms with Crippen molar-refractivity contribution in [1.29, 1.82) is 0 Å². The highest BCUT2D eigenvalue weighted by Crippen LogP contribution is 2.10. The van der Waals surface area contributed by atoms with Crippen molar-refractivity contribution < 1.29 is 0 Å². The Morgan fingerprint density at radius 2 is 1.33 bits per heavy atom. The van der Waals surface area contributed by atoms with E-state index in [-0.39, 0.29) is 0 Å². The maximum atomic E-state index is 4.07. The Morgan fingerprint density at radius 1 is 0.833 bits per heavy atom. The topological polar surface area (TPSA) is 0 Å². The molecule has 12 heavy (non-hydrogen) atoms. The lowest BCUT2D eigenvalue weighted by Crippen LogP contribution is -1.80. The standard InChI is InChI=1S/C11H23S/c1-2-3-4-5-6-7-8-9-10-11-12/h11-12H,2-10H2,1H3. The molecule has 0 unspecified atom stereocenters. The van der Waals surface area contributed by atoms with Crippen LogP contribution in [0.5, 0.6) is 0 Å². The van der Waals surface area contributed by atoms with Gasteiger partial charge in [-0.15, -0.1) is 0 Å². The SMILES string of the molecule is CCCCCCCCCC[CH]S. The van der Waals surface area contributed by atoms with Crippen molar-refractivity contribution in [2.45, 2.75) is 64.7 Å². The lowest BCUT2D eigenvalue weighted by molar-refractivity contribution is 0.576. The van der Waals surface area contributed by atoms with E-state index in [4.69, 9.17) is 0 Å². The third-order valence-corrected chi connectivity index (χ3v) is 2.44. The summed E-state index contributed by atoms with van der Waals surface area (Å²) in [4.78, 5) is 0. The van der Waals surface area contributed by atoms with Crippen LogP contribution in [0.2, 0.25) is 0 Å². The fourth-order valence-electron chi connectivity index (χ4n) is 1.37. The highest BCUT2D eigenvalue weighted by Gasteiger charge is 1.90. The predicted octanol–water partition coefficient (Wildman–Crippen LogP) is 4.61. The molecule has 0 bridgehead atoms. The van der Waals surface area contributed by atoms with E-state index in [2.05, 4.69) is 19.6 Å². The zero-order valence-corrected chi connectivity index (χ0v) is 9.28. The van der Waals surface area contributed by atoms with Crippen LogP contribution in [-0.4, -0.2) is 0 Å². The van der Waals surface area contributed by atoms with Crippen LogP contribution in [0.4, 0.5) is 0 Å². The first-order valence-corrected chi connectivity index (χ1v) is 5.89. The van der Waals surface area contributed by atoms with E-state index in [1.54, 1.807) is 0 Å². The zero-order valence-electron chi connectivity index (χ0n) is 8.39. The molecule has 0 N–H and O–H groups in total.